The van der Waals surface area contributed by atoms with Crippen LogP contribution < -0.4 is 20.3 Å². The molecule has 0 bridgehead atoms. The molecule has 2 rings (SSSR count). The van der Waals surface area contributed by atoms with Gasteiger partial charge in [-0.25, -0.2) is 5.43 Å². The molecular weight excluding hydrogens is 306 g/mol. The number of nitrogens with zero attached hydrogens (tertiary/aromatic N) is 1. The van der Waals surface area contributed by atoms with Gasteiger partial charge in [-0.2, -0.15) is 0 Å². The molecule has 1 aliphatic rings. The molecule has 6 nitrogen and oxygen atoms in total. The lowest BCUT2D eigenvalue weighted by molar-refractivity contribution is -0.132. The smallest absolute Gasteiger partial charge is 0.241 e. The van der Waals surface area contributed by atoms with Crippen molar-refractivity contribution in [2.75, 3.05) is 27.3 Å². The minimum Gasteiger partial charge on any atom is -0.497 e. The minimum atomic E-state index is -0.151. The summed E-state index contributed by atoms with van der Waals surface area (Å²) in [6.07, 6.45) is 1.80. The predicted molar refractivity (Wildman–Crippen MR) is 94.0 cm³/mol. The third kappa shape index (κ3) is 4.61. The number of hydrogen-bond donors (Lipinski definition) is 2. The molecule has 0 saturated carbocycles. The number of carbonyl (C=O) groups is 1. The van der Waals surface area contributed by atoms with E-state index in [1.54, 1.807) is 12.0 Å². The van der Waals surface area contributed by atoms with Gasteiger partial charge in [-0.05, 0) is 43.0 Å². The van der Waals surface area contributed by atoms with Gasteiger partial charge < -0.3 is 14.4 Å². The van der Waals surface area contributed by atoms with Crippen molar-refractivity contribution in [3.63, 3.8) is 0 Å². The Morgan fingerprint density at radius 2 is 1.88 bits per heavy atom. The highest BCUT2D eigenvalue weighted by molar-refractivity contribution is 5.82. The monoisotopic (exact) mass is 335 g/mol. The summed E-state index contributed by atoms with van der Waals surface area (Å²) >= 11 is 0. The maximum absolute atomic E-state index is 12.5. The van der Waals surface area contributed by atoms with Gasteiger partial charge in [0.1, 0.15) is 17.5 Å². The van der Waals surface area contributed by atoms with E-state index in [1.807, 2.05) is 31.3 Å². The van der Waals surface area contributed by atoms with Crippen LogP contribution >= 0.6 is 0 Å². The van der Waals surface area contributed by atoms with Crippen LogP contribution in [0.3, 0.4) is 0 Å². The van der Waals surface area contributed by atoms with E-state index in [-0.39, 0.29) is 11.9 Å². The zero-order chi connectivity index (χ0) is 17.5. The number of nitrogens with one attached hydrogen (secondary N) is 2. The van der Waals surface area contributed by atoms with Crippen LogP contribution in [0, 0.1) is 5.92 Å². The van der Waals surface area contributed by atoms with Gasteiger partial charge >= 0.3 is 0 Å². The summed E-state index contributed by atoms with van der Waals surface area (Å²) in [6.45, 7) is 5.50. The highest BCUT2D eigenvalue weighted by Crippen LogP contribution is 2.19. The number of amides is 1. The molecule has 0 spiro atoms. The maximum Gasteiger partial charge on any atom is 0.241 e. The van der Waals surface area contributed by atoms with Gasteiger partial charge in [0.15, 0.2) is 0 Å². The van der Waals surface area contributed by atoms with Crippen molar-refractivity contribution in [2.24, 2.45) is 5.92 Å². The van der Waals surface area contributed by atoms with Gasteiger partial charge in [-0.15, -0.1) is 0 Å². The van der Waals surface area contributed by atoms with E-state index in [1.165, 1.54) is 0 Å². The standard InChI is InChI=1S/C18H29N3O3/c1-5-16-13(2)17(20-19-16)18(22)21(3)11-6-12-24-15-9-7-14(23-4)8-10-15/h7-10,13,16-17,19-20H,5-6,11-12H2,1-4H3. The van der Waals surface area contributed by atoms with Crippen LogP contribution in [0.4, 0.5) is 0 Å². The second-order valence-electron chi connectivity index (χ2n) is 6.28. The summed E-state index contributed by atoms with van der Waals surface area (Å²) in [5, 5.41) is 0. The first-order valence-corrected chi connectivity index (χ1v) is 8.59. The normalized spacial score (nSPS) is 23.1. The van der Waals surface area contributed by atoms with Crippen molar-refractivity contribution in [3.8, 4) is 11.5 Å². The van der Waals surface area contributed by atoms with E-state index in [9.17, 15) is 4.79 Å². The van der Waals surface area contributed by atoms with Crippen LogP contribution in [0.15, 0.2) is 24.3 Å². The molecule has 1 saturated heterocycles. The highest BCUT2D eigenvalue weighted by atomic mass is 16.5. The largest absolute Gasteiger partial charge is 0.497 e. The van der Waals surface area contributed by atoms with E-state index in [4.69, 9.17) is 9.47 Å². The van der Waals surface area contributed by atoms with Crippen LogP contribution in [0.25, 0.3) is 0 Å². The SMILES string of the molecule is CCC1NNC(C(=O)N(C)CCCOc2ccc(OC)cc2)C1C. The van der Waals surface area contributed by atoms with E-state index in [0.29, 0.717) is 25.1 Å². The fourth-order valence-electron chi connectivity index (χ4n) is 2.96. The fraction of sp³-hybridized carbons (Fsp3) is 0.611. The molecule has 6 heteroatoms. The number of methoxy groups -OCH3 is 1. The van der Waals surface area contributed by atoms with Crippen molar-refractivity contribution in [1.29, 1.82) is 0 Å². The number of benzene rings is 1. The van der Waals surface area contributed by atoms with E-state index in [2.05, 4.69) is 24.7 Å². The lowest BCUT2D eigenvalue weighted by atomic mass is 9.94. The van der Waals surface area contributed by atoms with Gasteiger partial charge in [0.2, 0.25) is 5.91 Å². The fourth-order valence-corrected chi connectivity index (χ4v) is 2.96. The minimum absolute atomic E-state index is 0.135. The zero-order valence-corrected chi connectivity index (χ0v) is 15.0. The first-order valence-electron chi connectivity index (χ1n) is 8.59. The Hall–Kier alpha value is -1.79. The van der Waals surface area contributed by atoms with Crippen LogP contribution in [0.1, 0.15) is 26.7 Å². The first kappa shape index (κ1) is 18.5. The molecule has 1 aromatic carbocycles. The molecule has 1 aliphatic heterocycles. The van der Waals surface area contributed by atoms with Gasteiger partial charge in [0.05, 0.1) is 13.7 Å². The lowest BCUT2D eigenvalue weighted by Gasteiger charge is -2.23. The molecule has 2 N–H and O–H groups in total. The number of likely N-dealkylation sites (N-methyl/N-ethyl adjacent to an activating group) is 1. The summed E-state index contributed by atoms with van der Waals surface area (Å²) in [5.41, 5.74) is 6.34. The first-order chi connectivity index (χ1) is 11.6. The van der Waals surface area contributed by atoms with Crippen molar-refractivity contribution in [3.05, 3.63) is 24.3 Å². The van der Waals surface area contributed by atoms with Crippen molar-refractivity contribution < 1.29 is 14.3 Å². The summed E-state index contributed by atoms with van der Waals surface area (Å²) in [6, 6.07) is 7.71. The average molecular weight is 335 g/mol. The average Bonchev–Trinajstić information content (AvgIpc) is 2.98. The molecule has 3 atom stereocenters. The molecule has 1 fully saturated rings. The van der Waals surface area contributed by atoms with Gasteiger partial charge in [-0.3, -0.25) is 10.2 Å². The molecule has 134 valence electrons. The molecule has 0 aliphatic carbocycles. The second kappa shape index (κ2) is 8.89. The number of rotatable bonds is 8. The van der Waals surface area contributed by atoms with Gasteiger partial charge in [0.25, 0.3) is 0 Å². The molecule has 24 heavy (non-hydrogen) atoms. The van der Waals surface area contributed by atoms with E-state index < -0.39 is 0 Å². The Bertz CT molecular complexity index is 521. The van der Waals surface area contributed by atoms with Crippen LogP contribution in [0.5, 0.6) is 11.5 Å². The Morgan fingerprint density at radius 3 is 2.46 bits per heavy atom. The van der Waals surface area contributed by atoms with Gasteiger partial charge in [0, 0.05) is 19.6 Å². The van der Waals surface area contributed by atoms with E-state index in [0.717, 1.165) is 24.3 Å². The Kier molecular flexibility index (Phi) is 6.87. The van der Waals surface area contributed by atoms with Gasteiger partial charge in [-0.1, -0.05) is 13.8 Å². The summed E-state index contributed by atoms with van der Waals surface area (Å²) in [4.78, 5) is 14.3. The number of hydrogen-bond acceptors (Lipinski definition) is 5. The van der Waals surface area contributed by atoms with Crippen LogP contribution in [-0.4, -0.2) is 50.2 Å². The highest BCUT2D eigenvalue weighted by Gasteiger charge is 2.37. The molecule has 1 aromatic rings. The molecule has 0 radical (unpaired) electrons. The Balaban J connectivity index is 1.70. The summed E-state index contributed by atoms with van der Waals surface area (Å²) in [5.74, 6) is 2.05. The zero-order valence-electron chi connectivity index (χ0n) is 15.0. The molecular formula is C18H29N3O3. The number of hydrazine groups is 1. The van der Waals surface area contributed by atoms with Crippen LogP contribution in [-0.2, 0) is 4.79 Å². The van der Waals surface area contributed by atoms with Crippen molar-refractivity contribution in [1.82, 2.24) is 15.8 Å². The van der Waals surface area contributed by atoms with Crippen LogP contribution in [0.2, 0.25) is 0 Å². The van der Waals surface area contributed by atoms with E-state index >= 15 is 0 Å². The Morgan fingerprint density at radius 1 is 1.21 bits per heavy atom. The van der Waals surface area contributed by atoms with Crippen molar-refractivity contribution >= 4 is 5.91 Å². The number of ether oxygens (including phenoxy) is 2. The molecule has 1 heterocycles. The summed E-state index contributed by atoms with van der Waals surface area (Å²) < 4.78 is 10.8. The lowest BCUT2D eigenvalue weighted by Crippen LogP contribution is -2.46. The third-order valence-electron chi connectivity index (χ3n) is 4.63. The molecule has 1 amide bonds. The topological polar surface area (TPSA) is 62.8 Å². The molecule has 0 aromatic heterocycles. The predicted octanol–water partition coefficient (Wildman–Crippen LogP) is 1.81. The quantitative estimate of drug-likeness (QED) is 0.710. The second-order valence-corrected chi connectivity index (χ2v) is 6.28. The summed E-state index contributed by atoms with van der Waals surface area (Å²) in [7, 11) is 3.49. The third-order valence-corrected chi connectivity index (χ3v) is 4.63. The van der Waals surface area contributed by atoms with Crippen molar-refractivity contribution in [2.45, 2.75) is 38.8 Å². The number of carbonyl (C=O) groups excluding carboxylic acids is 1. The Labute approximate surface area is 144 Å². The maximum atomic E-state index is 12.5. The molecule has 3 unspecified atom stereocenters.